The molecule has 6 nitrogen and oxygen atoms in total. The number of carboxylic acid groups (broad SMARTS) is 1. The van der Waals surface area contributed by atoms with E-state index in [2.05, 4.69) is 15.5 Å². The van der Waals surface area contributed by atoms with Crippen molar-refractivity contribution in [3.05, 3.63) is 16.8 Å². The predicted octanol–water partition coefficient (Wildman–Crippen LogP) is 0.994. The van der Waals surface area contributed by atoms with Gasteiger partial charge in [-0.3, -0.25) is 0 Å². The summed E-state index contributed by atoms with van der Waals surface area (Å²) in [4.78, 5) is 11.0. The minimum atomic E-state index is -0.956. The molecule has 0 radical (unpaired) electrons. The van der Waals surface area contributed by atoms with E-state index in [1.165, 1.54) is 0 Å². The molecule has 0 saturated heterocycles. The second-order valence-corrected chi connectivity index (χ2v) is 4.26. The SMILES string of the molecule is Cc1nnc(NC2(C(=O)O)CC2)c(C#N)c1C. The number of aryl methyl sites for hydroxylation is 1. The normalized spacial score (nSPS) is 16.1. The number of nitrogens with one attached hydrogen (secondary N) is 1. The van der Waals surface area contributed by atoms with Crippen molar-refractivity contribution in [2.45, 2.75) is 32.2 Å². The lowest BCUT2D eigenvalue weighted by atomic mass is 10.1. The summed E-state index contributed by atoms with van der Waals surface area (Å²) in [6.07, 6.45) is 1.09. The maximum atomic E-state index is 11.0. The molecule has 1 saturated carbocycles. The predicted molar refractivity (Wildman–Crippen MR) is 59.4 cm³/mol. The van der Waals surface area contributed by atoms with E-state index in [4.69, 9.17) is 10.4 Å². The Hall–Kier alpha value is -2.16. The van der Waals surface area contributed by atoms with Crippen molar-refractivity contribution in [1.29, 1.82) is 5.26 Å². The van der Waals surface area contributed by atoms with Gasteiger partial charge >= 0.3 is 5.97 Å². The van der Waals surface area contributed by atoms with E-state index >= 15 is 0 Å². The zero-order valence-corrected chi connectivity index (χ0v) is 9.61. The number of carboxylic acids is 1. The van der Waals surface area contributed by atoms with Crippen LogP contribution in [-0.4, -0.2) is 26.8 Å². The van der Waals surface area contributed by atoms with Gasteiger partial charge in [0.1, 0.15) is 17.2 Å². The number of aliphatic carboxylic acids is 1. The Morgan fingerprint density at radius 1 is 1.47 bits per heavy atom. The Bertz CT molecular complexity index is 529. The Morgan fingerprint density at radius 3 is 2.59 bits per heavy atom. The molecule has 2 N–H and O–H groups in total. The molecule has 1 aliphatic rings. The van der Waals surface area contributed by atoms with E-state index in [9.17, 15) is 4.79 Å². The summed E-state index contributed by atoms with van der Waals surface area (Å²) in [5.41, 5.74) is 0.811. The van der Waals surface area contributed by atoms with Crippen LogP contribution in [0.25, 0.3) is 0 Å². The highest BCUT2D eigenvalue weighted by Gasteiger charge is 2.51. The Kier molecular flexibility index (Phi) is 2.46. The minimum absolute atomic E-state index is 0.260. The average Bonchev–Trinajstić information content (AvgIpc) is 3.05. The number of aromatic nitrogens is 2. The van der Waals surface area contributed by atoms with Crippen molar-refractivity contribution in [3.63, 3.8) is 0 Å². The van der Waals surface area contributed by atoms with Gasteiger partial charge in [-0.2, -0.15) is 10.4 Å². The molecule has 1 aromatic rings. The van der Waals surface area contributed by atoms with E-state index in [1.807, 2.05) is 6.07 Å². The van der Waals surface area contributed by atoms with Gasteiger partial charge in [-0.1, -0.05) is 0 Å². The molecule has 1 aromatic heterocycles. The van der Waals surface area contributed by atoms with Crippen molar-refractivity contribution >= 4 is 11.8 Å². The Labute approximate surface area is 98.3 Å². The molecule has 0 spiro atoms. The molecule has 1 heterocycles. The monoisotopic (exact) mass is 232 g/mol. The third-order valence-corrected chi connectivity index (χ3v) is 3.08. The summed E-state index contributed by atoms with van der Waals surface area (Å²) in [7, 11) is 0. The van der Waals surface area contributed by atoms with Gasteiger partial charge < -0.3 is 10.4 Å². The smallest absolute Gasteiger partial charge is 0.329 e. The standard InChI is InChI=1S/C11H12N4O2/c1-6-7(2)14-15-9(8(6)5-12)13-11(3-4-11)10(16)17/h3-4H2,1-2H3,(H,13,15)(H,16,17). The van der Waals surface area contributed by atoms with Crippen LogP contribution < -0.4 is 5.32 Å². The van der Waals surface area contributed by atoms with Crippen molar-refractivity contribution in [2.24, 2.45) is 0 Å². The lowest BCUT2D eigenvalue weighted by Crippen LogP contribution is -2.32. The van der Waals surface area contributed by atoms with Crippen LogP contribution in [0.5, 0.6) is 0 Å². The van der Waals surface area contributed by atoms with Gasteiger partial charge in [-0.15, -0.1) is 5.10 Å². The molecule has 1 fully saturated rings. The quantitative estimate of drug-likeness (QED) is 0.806. The number of hydrogen-bond acceptors (Lipinski definition) is 5. The third kappa shape index (κ3) is 1.80. The third-order valence-electron chi connectivity index (χ3n) is 3.08. The van der Waals surface area contributed by atoms with Gasteiger partial charge in [-0.25, -0.2) is 4.79 Å². The van der Waals surface area contributed by atoms with Gasteiger partial charge in [0, 0.05) is 0 Å². The first kappa shape index (κ1) is 11.3. The second kappa shape index (κ2) is 3.70. The Balaban J connectivity index is 2.38. The van der Waals surface area contributed by atoms with Crippen molar-refractivity contribution in [2.75, 3.05) is 5.32 Å². The number of rotatable bonds is 3. The lowest BCUT2D eigenvalue weighted by molar-refractivity contribution is -0.138. The highest BCUT2D eigenvalue weighted by molar-refractivity contribution is 5.86. The lowest BCUT2D eigenvalue weighted by Gasteiger charge is -2.14. The highest BCUT2D eigenvalue weighted by Crippen LogP contribution is 2.39. The summed E-state index contributed by atoms with van der Waals surface area (Å²) in [6, 6.07) is 2.04. The maximum absolute atomic E-state index is 11.0. The molecule has 2 rings (SSSR count). The van der Waals surface area contributed by atoms with E-state index in [-0.39, 0.29) is 5.82 Å². The summed E-state index contributed by atoms with van der Waals surface area (Å²) in [5, 5.41) is 28.7. The molecule has 88 valence electrons. The molecule has 0 atom stereocenters. The van der Waals surface area contributed by atoms with E-state index in [1.54, 1.807) is 13.8 Å². The van der Waals surface area contributed by atoms with Crippen LogP contribution in [0, 0.1) is 25.2 Å². The molecule has 0 aliphatic heterocycles. The molecular formula is C11H12N4O2. The number of carbonyl (C=O) groups is 1. The zero-order chi connectivity index (χ0) is 12.6. The first-order valence-electron chi connectivity index (χ1n) is 5.26. The summed E-state index contributed by atoms with van der Waals surface area (Å²) in [6.45, 7) is 3.53. The second-order valence-electron chi connectivity index (χ2n) is 4.26. The van der Waals surface area contributed by atoms with Gasteiger partial charge in [-0.05, 0) is 32.3 Å². The van der Waals surface area contributed by atoms with Crippen molar-refractivity contribution in [1.82, 2.24) is 10.2 Å². The van der Waals surface area contributed by atoms with Crippen LogP contribution in [0.1, 0.15) is 29.7 Å². The van der Waals surface area contributed by atoms with Crippen LogP contribution in [0.4, 0.5) is 5.82 Å². The average molecular weight is 232 g/mol. The van der Waals surface area contributed by atoms with Crippen molar-refractivity contribution in [3.8, 4) is 6.07 Å². The van der Waals surface area contributed by atoms with Gasteiger partial charge in [0.2, 0.25) is 0 Å². The highest BCUT2D eigenvalue weighted by atomic mass is 16.4. The fourth-order valence-corrected chi connectivity index (χ4v) is 1.58. The van der Waals surface area contributed by atoms with Crippen LogP contribution in [-0.2, 0) is 4.79 Å². The minimum Gasteiger partial charge on any atom is -0.480 e. The molecule has 6 heteroatoms. The van der Waals surface area contributed by atoms with Crippen LogP contribution in [0.2, 0.25) is 0 Å². The van der Waals surface area contributed by atoms with E-state index in [0.717, 1.165) is 5.56 Å². The molecule has 1 aliphatic carbocycles. The zero-order valence-electron chi connectivity index (χ0n) is 9.61. The van der Waals surface area contributed by atoms with E-state index in [0.29, 0.717) is 24.1 Å². The molecule has 17 heavy (non-hydrogen) atoms. The van der Waals surface area contributed by atoms with E-state index < -0.39 is 11.5 Å². The molecule has 0 bridgehead atoms. The number of nitrogens with zero attached hydrogens (tertiary/aromatic N) is 3. The first-order chi connectivity index (χ1) is 8.00. The van der Waals surface area contributed by atoms with Gasteiger partial charge in [0.05, 0.1) is 5.69 Å². The van der Waals surface area contributed by atoms with Crippen molar-refractivity contribution < 1.29 is 9.90 Å². The van der Waals surface area contributed by atoms with Crippen LogP contribution in [0.3, 0.4) is 0 Å². The summed E-state index contributed by atoms with van der Waals surface area (Å²) < 4.78 is 0. The molecule has 0 amide bonds. The first-order valence-corrected chi connectivity index (χ1v) is 5.26. The van der Waals surface area contributed by atoms with Crippen LogP contribution >= 0.6 is 0 Å². The molecule has 0 unspecified atom stereocenters. The molecular weight excluding hydrogens is 220 g/mol. The number of hydrogen-bond donors (Lipinski definition) is 2. The summed E-state index contributed by atoms with van der Waals surface area (Å²) in [5.74, 6) is -0.656. The number of nitriles is 1. The maximum Gasteiger partial charge on any atom is 0.329 e. The topological polar surface area (TPSA) is 98.9 Å². The van der Waals surface area contributed by atoms with Crippen LogP contribution in [0.15, 0.2) is 0 Å². The van der Waals surface area contributed by atoms with Gasteiger partial charge in [0.25, 0.3) is 0 Å². The fourth-order valence-electron chi connectivity index (χ4n) is 1.58. The number of anilines is 1. The largest absolute Gasteiger partial charge is 0.480 e. The van der Waals surface area contributed by atoms with Gasteiger partial charge in [0.15, 0.2) is 5.82 Å². The molecule has 0 aromatic carbocycles. The fraction of sp³-hybridized carbons (Fsp3) is 0.455. The summed E-state index contributed by atoms with van der Waals surface area (Å²) >= 11 is 0. The Morgan fingerprint density at radius 2 is 2.12 bits per heavy atom.